The van der Waals surface area contributed by atoms with Crippen molar-refractivity contribution in [3.05, 3.63) is 47.8 Å². The zero-order chi connectivity index (χ0) is 15.4. The highest BCUT2D eigenvalue weighted by Crippen LogP contribution is 2.33. The molecule has 2 aromatic heterocycles. The van der Waals surface area contributed by atoms with Gasteiger partial charge < -0.3 is 9.67 Å². The van der Waals surface area contributed by atoms with Gasteiger partial charge in [-0.25, -0.2) is 4.98 Å². The second-order valence-corrected chi connectivity index (χ2v) is 5.91. The van der Waals surface area contributed by atoms with Crippen LogP contribution in [-0.4, -0.2) is 19.6 Å². The van der Waals surface area contributed by atoms with Crippen LogP contribution in [0.15, 0.2) is 30.7 Å². The molecular weight excluding hydrogens is 276 g/mol. The van der Waals surface area contributed by atoms with E-state index < -0.39 is 6.10 Å². The van der Waals surface area contributed by atoms with Gasteiger partial charge in [-0.1, -0.05) is 19.3 Å². The molecule has 0 radical (unpaired) electrons. The Kier molecular flexibility index (Phi) is 4.50. The van der Waals surface area contributed by atoms with Crippen LogP contribution >= 0.6 is 0 Å². The first-order chi connectivity index (χ1) is 10.8. The van der Waals surface area contributed by atoms with E-state index in [2.05, 4.69) is 16.0 Å². The normalized spacial score (nSPS) is 17.1. The summed E-state index contributed by atoms with van der Waals surface area (Å²) in [4.78, 5) is 8.64. The van der Waals surface area contributed by atoms with Crippen LogP contribution in [-0.2, 0) is 6.54 Å². The molecule has 0 spiro atoms. The molecule has 1 unspecified atom stereocenters. The average molecular weight is 296 g/mol. The van der Waals surface area contributed by atoms with E-state index in [9.17, 15) is 5.11 Å². The maximum Gasteiger partial charge on any atom is 0.138 e. The van der Waals surface area contributed by atoms with Gasteiger partial charge in [0.15, 0.2) is 0 Å². The van der Waals surface area contributed by atoms with Crippen molar-refractivity contribution >= 4 is 0 Å². The van der Waals surface area contributed by atoms with Crippen LogP contribution in [0.1, 0.15) is 55.3 Å². The molecule has 22 heavy (non-hydrogen) atoms. The van der Waals surface area contributed by atoms with Gasteiger partial charge in [0.25, 0.3) is 0 Å². The fraction of sp³-hybridized carbons (Fsp3) is 0.471. The van der Waals surface area contributed by atoms with Gasteiger partial charge in [0.05, 0.1) is 17.8 Å². The first-order valence-electron chi connectivity index (χ1n) is 7.82. The number of aromatic nitrogens is 3. The van der Waals surface area contributed by atoms with Crippen molar-refractivity contribution in [2.45, 2.75) is 44.8 Å². The number of hydrogen-bond acceptors (Lipinski definition) is 4. The van der Waals surface area contributed by atoms with Crippen LogP contribution in [0.25, 0.3) is 0 Å². The van der Waals surface area contributed by atoms with Gasteiger partial charge >= 0.3 is 0 Å². The molecule has 3 rings (SSSR count). The van der Waals surface area contributed by atoms with Crippen molar-refractivity contribution in [1.29, 1.82) is 5.26 Å². The Morgan fingerprint density at radius 3 is 2.77 bits per heavy atom. The number of nitriles is 1. The molecule has 1 N–H and O–H groups in total. The highest BCUT2D eigenvalue weighted by Gasteiger charge is 2.26. The zero-order valence-electron chi connectivity index (χ0n) is 12.5. The van der Waals surface area contributed by atoms with E-state index in [1.807, 2.05) is 16.8 Å². The van der Waals surface area contributed by atoms with E-state index in [0.29, 0.717) is 18.0 Å². The van der Waals surface area contributed by atoms with Crippen LogP contribution in [0.5, 0.6) is 0 Å². The van der Waals surface area contributed by atoms with Crippen molar-refractivity contribution < 1.29 is 5.11 Å². The third-order valence-electron chi connectivity index (χ3n) is 4.39. The Labute approximate surface area is 130 Å². The number of aliphatic hydroxyl groups excluding tert-OH is 1. The molecule has 0 aromatic carbocycles. The van der Waals surface area contributed by atoms with E-state index in [-0.39, 0.29) is 0 Å². The molecule has 5 heteroatoms. The van der Waals surface area contributed by atoms with Gasteiger partial charge in [0.2, 0.25) is 0 Å². The zero-order valence-corrected chi connectivity index (χ0v) is 12.5. The Hall–Kier alpha value is -2.19. The fourth-order valence-electron chi connectivity index (χ4n) is 3.14. The summed E-state index contributed by atoms with van der Waals surface area (Å²) in [6.07, 6.45) is 10.5. The van der Waals surface area contributed by atoms with E-state index in [4.69, 9.17) is 5.26 Å². The average Bonchev–Trinajstić information content (AvgIpc) is 3.04. The first kappa shape index (κ1) is 14.7. The van der Waals surface area contributed by atoms with Crippen molar-refractivity contribution in [1.82, 2.24) is 14.5 Å². The number of aliphatic hydroxyl groups is 1. The lowest BCUT2D eigenvalue weighted by Crippen LogP contribution is -2.20. The molecule has 2 aromatic rings. The van der Waals surface area contributed by atoms with E-state index in [1.54, 1.807) is 18.5 Å². The summed E-state index contributed by atoms with van der Waals surface area (Å²) in [5.41, 5.74) is 1.41. The van der Waals surface area contributed by atoms with Crippen LogP contribution in [0, 0.1) is 17.2 Å². The molecule has 0 aliphatic heterocycles. The molecule has 1 fully saturated rings. The molecule has 1 aliphatic rings. The monoisotopic (exact) mass is 296 g/mol. The van der Waals surface area contributed by atoms with Crippen molar-refractivity contribution in [3.8, 4) is 6.07 Å². The van der Waals surface area contributed by atoms with Crippen LogP contribution < -0.4 is 0 Å². The van der Waals surface area contributed by atoms with Gasteiger partial charge in [-0.3, -0.25) is 4.98 Å². The Morgan fingerprint density at radius 2 is 2.09 bits per heavy atom. The minimum atomic E-state index is -0.506. The molecule has 0 amide bonds. The van der Waals surface area contributed by atoms with Gasteiger partial charge in [-0.05, 0) is 30.9 Å². The lowest BCUT2D eigenvalue weighted by molar-refractivity contribution is 0.0743. The van der Waals surface area contributed by atoms with Crippen molar-refractivity contribution in [2.75, 3.05) is 0 Å². The molecule has 0 saturated heterocycles. The minimum Gasteiger partial charge on any atom is -0.385 e. The highest BCUT2D eigenvalue weighted by molar-refractivity contribution is 5.26. The number of imidazole rings is 1. The highest BCUT2D eigenvalue weighted by atomic mass is 16.3. The predicted molar refractivity (Wildman–Crippen MR) is 81.8 cm³/mol. The van der Waals surface area contributed by atoms with Crippen molar-refractivity contribution in [3.63, 3.8) is 0 Å². The maximum absolute atomic E-state index is 10.6. The maximum atomic E-state index is 10.6. The van der Waals surface area contributed by atoms with Crippen LogP contribution in [0.3, 0.4) is 0 Å². The van der Waals surface area contributed by atoms with Crippen LogP contribution in [0.4, 0.5) is 0 Å². The molecule has 0 bridgehead atoms. The second kappa shape index (κ2) is 6.71. The lowest BCUT2D eigenvalue weighted by atomic mass is 9.85. The molecular formula is C17H20N4O. The fourth-order valence-corrected chi connectivity index (χ4v) is 3.14. The summed E-state index contributed by atoms with van der Waals surface area (Å²) in [5.74, 6) is 1.03. The van der Waals surface area contributed by atoms with Gasteiger partial charge in [0, 0.05) is 18.6 Å². The minimum absolute atomic E-state index is 0.309. The molecule has 1 aliphatic carbocycles. The Morgan fingerprint density at radius 1 is 1.27 bits per heavy atom. The largest absolute Gasteiger partial charge is 0.385 e. The number of rotatable bonds is 4. The third-order valence-corrected chi connectivity index (χ3v) is 4.39. The van der Waals surface area contributed by atoms with E-state index in [1.165, 1.54) is 19.3 Å². The summed E-state index contributed by atoms with van der Waals surface area (Å²) >= 11 is 0. The first-order valence-corrected chi connectivity index (χ1v) is 7.82. The van der Waals surface area contributed by atoms with Gasteiger partial charge in [-0.15, -0.1) is 0 Å². The van der Waals surface area contributed by atoms with E-state index >= 15 is 0 Å². The molecule has 1 saturated carbocycles. The smallest absolute Gasteiger partial charge is 0.138 e. The van der Waals surface area contributed by atoms with Crippen LogP contribution in [0.2, 0.25) is 0 Å². The summed E-state index contributed by atoms with van der Waals surface area (Å²) in [6, 6.07) is 5.67. The second-order valence-electron chi connectivity index (χ2n) is 5.91. The Balaban J connectivity index is 1.74. The van der Waals surface area contributed by atoms with E-state index in [0.717, 1.165) is 24.4 Å². The Bertz CT molecular complexity index is 650. The topological polar surface area (TPSA) is 74.7 Å². The summed E-state index contributed by atoms with van der Waals surface area (Å²) in [7, 11) is 0. The SMILES string of the molecule is N#Cc1ccc(Cn2ccnc2C(O)C2CCCCC2)nc1. The summed E-state index contributed by atoms with van der Waals surface area (Å²) in [6.45, 7) is 0.560. The summed E-state index contributed by atoms with van der Waals surface area (Å²) in [5, 5.41) is 19.4. The summed E-state index contributed by atoms with van der Waals surface area (Å²) < 4.78 is 1.95. The number of pyridine rings is 1. The lowest BCUT2D eigenvalue weighted by Gasteiger charge is -2.26. The molecule has 114 valence electrons. The van der Waals surface area contributed by atoms with Gasteiger partial charge in [-0.2, -0.15) is 5.26 Å². The third kappa shape index (κ3) is 3.18. The predicted octanol–water partition coefficient (Wildman–Crippen LogP) is 2.81. The molecule has 2 heterocycles. The van der Waals surface area contributed by atoms with Crippen molar-refractivity contribution in [2.24, 2.45) is 5.92 Å². The number of nitrogens with zero attached hydrogens (tertiary/aromatic N) is 4. The molecule has 1 atom stereocenters. The standard InChI is InChI=1S/C17H20N4O/c18-10-13-6-7-15(20-11-13)12-21-9-8-19-17(21)16(22)14-4-2-1-3-5-14/h6-9,11,14,16,22H,1-5,12H2. The molecule has 5 nitrogen and oxygen atoms in total. The quantitative estimate of drug-likeness (QED) is 0.941. The van der Waals surface area contributed by atoms with Gasteiger partial charge in [0.1, 0.15) is 18.0 Å². The number of hydrogen-bond donors (Lipinski definition) is 1.